The fourth-order valence-electron chi connectivity index (χ4n) is 4.84. The maximum absolute atomic E-state index is 13.6. The van der Waals surface area contributed by atoms with Crippen molar-refractivity contribution in [1.29, 1.82) is 0 Å². The first-order valence-electron chi connectivity index (χ1n) is 15.0. The summed E-state index contributed by atoms with van der Waals surface area (Å²) in [5, 5.41) is 8.55. The van der Waals surface area contributed by atoms with E-state index < -0.39 is 11.8 Å². The molecule has 47 heavy (non-hydrogen) atoms. The summed E-state index contributed by atoms with van der Waals surface area (Å²) in [5.41, 5.74) is 4.52. The Bertz CT molecular complexity index is 1910. The number of fused-ring (bicyclic) bond motifs is 1. The molecule has 3 amide bonds. The van der Waals surface area contributed by atoms with E-state index in [0.717, 1.165) is 21.6 Å². The maximum atomic E-state index is 13.6. The van der Waals surface area contributed by atoms with E-state index in [1.54, 1.807) is 66.7 Å². The zero-order valence-corrected chi connectivity index (χ0v) is 26.1. The molecule has 0 unspecified atom stereocenters. The molecule has 0 saturated carbocycles. The van der Waals surface area contributed by atoms with Gasteiger partial charge in [0.05, 0.1) is 5.75 Å². The van der Waals surface area contributed by atoms with Crippen LogP contribution in [0.2, 0.25) is 0 Å². The molecule has 0 fully saturated rings. The third-order valence-electron chi connectivity index (χ3n) is 7.15. The van der Waals surface area contributed by atoms with Gasteiger partial charge >= 0.3 is 0 Å². The lowest BCUT2D eigenvalue weighted by molar-refractivity contribution is -0.114. The zero-order valence-electron chi connectivity index (χ0n) is 25.3. The summed E-state index contributed by atoms with van der Waals surface area (Å²) in [5.74, 6) is 0.335. The molecule has 6 rings (SSSR count). The predicted molar refractivity (Wildman–Crippen MR) is 186 cm³/mol. The molecule has 5 aromatic rings. The van der Waals surface area contributed by atoms with Crippen LogP contribution in [0, 0.1) is 0 Å². The lowest BCUT2D eigenvalue weighted by Gasteiger charge is -2.19. The monoisotopic (exact) mass is 641 g/mol. The van der Waals surface area contributed by atoms with Crippen LogP contribution in [0.4, 0.5) is 11.4 Å². The smallest absolute Gasteiger partial charge is 0.272 e. The molecule has 1 aliphatic rings. The highest BCUT2D eigenvalue weighted by Gasteiger charge is 2.16. The van der Waals surface area contributed by atoms with Gasteiger partial charge in [-0.3, -0.25) is 14.4 Å². The fourth-order valence-corrected chi connectivity index (χ4v) is 5.60. The Balaban J connectivity index is 1.13. The molecule has 8 nitrogen and oxygen atoms in total. The van der Waals surface area contributed by atoms with Crippen molar-refractivity contribution in [3.8, 4) is 22.6 Å². The summed E-state index contributed by atoms with van der Waals surface area (Å²) in [7, 11) is 0. The minimum atomic E-state index is -0.486. The second kappa shape index (κ2) is 15.0. The van der Waals surface area contributed by atoms with Crippen LogP contribution in [0.3, 0.4) is 0 Å². The highest BCUT2D eigenvalue weighted by Crippen LogP contribution is 2.33. The molecule has 9 heteroatoms. The van der Waals surface area contributed by atoms with E-state index in [1.165, 1.54) is 11.8 Å². The van der Waals surface area contributed by atoms with Crippen LogP contribution in [0.1, 0.15) is 15.9 Å². The molecular formula is C38H31N3O5S. The minimum Gasteiger partial charge on any atom is -0.486 e. The van der Waals surface area contributed by atoms with Crippen LogP contribution >= 0.6 is 11.8 Å². The second-order valence-corrected chi connectivity index (χ2v) is 11.6. The van der Waals surface area contributed by atoms with Gasteiger partial charge in [0.15, 0.2) is 11.5 Å². The normalized spacial score (nSPS) is 12.1. The molecule has 1 heterocycles. The van der Waals surface area contributed by atoms with Crippen LogP contribution in [0.25, 0.3) is 17.2 Å². The lowest BCUT2D eigenvalue weighted by atomic mass is 10.0. The van der Waals surface area contributed by atoms with E-state index >= 15 is 0 Å². The Morgan fingerprint density at radius 2 is 1.34 bits per heavy atom. The summed E-state index contributed by atoms with van der Waals surface area (Å²) in [6.45, 7) is 0.962. The number of carbonyl (C=O) groups excluding carboxylic acids is 3. The number of benzene rings is 5. The molecule has 234 valence electrons. The summed E-state index contributed by atoms with van der Waals surface area (Å²) < 4.78 is 11.1. The number of carbonyl (C=O) groups is 3. The van der Waals surface area contributed by atoms with Crippen LogP contribution in [0.15, 0.2) is 138 Å². The average Bonchev–Trinajstić information content (AvgIpc) is 3.11. The highest BCUT2D eigenvalue weighted by atomic mass is 32.2. The van der Waals surface area contributed by atoms with E-state index in [2.05, 4.69) is 16.0 Å². The van der Waals surface area contributed by atoms with E-state index in [4.69, 9.17) is 9.47 Å². The number of ether oxygens (including phenoxy) is 2. The second-order valence-electron chi connectivity index (χ2n) is 10.5. The lowest BCUT2D eigenvalue weighted by Crippen LogP contribution is -2.30. The number of hydrogen-bond donors (Lipinski definition) is 3. The molecule has 0 saturated heterocycles. The zero-order chi connectivity index (χ0) is 32.4. The molecule has 3 N–H and O–H groups in total. The van der Waals surface area contributed by atoms with Gasteiger partial charge in [-0.05, 0) is 65.2 Å². The third kappa shape index (κ3) is 8.47. The van der Waals surface area contributed by atoms with Gasteiger partial charge in [-0.2, -0.15) is 0 Å². The van der Waals surface area contributed by atoms with Crippen molar-refractivity contribution < 1.29 is 23.9 Å². The predicted octanol–water partition coefficient (Wildman–Crippen LogP) is 7.27. The van der Waals surface area contributed by atoms with Gasteiger partial charge in [-0.1, -0.05) is 78.9 Å². The SMILES string of the molecule is O=C(CSc1cccc(NC(=O)/C(=C\c2ccc(-c3ccccc3)cc2)NC(=O)c2ccccc2)c1)Nc1ccc2c(c1)OCCO2. The molecule has 0 radical (unpaired) electrons. The minimum absolute atomic E-state index is 0.0863. The number of amides is 3. The molecule has 0 aliphatic carbocycles. The van der Waals surface area contributed by atoms with Crippen LogP contribution in [0.5, 0.6) is 11.5 Å². The Morgan fingerprint density at radius 1 is 0.660 bits per heavy atom. The topological polar surface area (TPSA) is 106 Å². The fraction of sp³-hybridized carbons (Fsp3) is 0.0789. The standard InChI is InChI=1S/C38H31N3O5S/c42-36(39-31-18-19-34-35(24-31)46-21-20-45-34)25-47-32-13-7-12-30(23-32)40-38(44)33(41-37(43)29-10-5-2-6-11-29)22-26-14-16-28(17-15-26)27-8-3-1-4-9-27/h1-19,22-24H,20-21,25H2,(H,39,42)(H,40,44)(H,41,43)/b33-22+. The van der Waals surface area contributed by atoms with Gasteiger partial charge < -0.3 is 25.4 Å². The van der Waals surface area contributed by atoms with Crippen molar-refractivity contribution in [2.45, 2.75) is 4.90 Å². The van der Waals surface area contributed by atoms with Crippen molar-refractivity contribution in [1.82, 2.24) is 5.32 Å². The summed E-state index contributed by atoms with van der Waals surface area (Å²) in [6.07, 6.45) is 1.64. The van der Waals surface area contributed by atoms with Gasteiger partial charge in [0, 0.05) is 27.9 Å². The highest BCUT2D eigenvalue weighted by molar-refractivity contribution is 8.00. The molecule has 0 atom stereocenters. The number of hydrogen-bond acceptors (Lipinski definition) is 6. The quantitative estimate of drug-likeness (QED) is 0.110. The summed E-state index contributed by atoms with van der Waals surface area (Å²) in [6, 6.07) is 38.9. The number of thioether (sulfide) groups is 1. The van der Waals surface area contributed by atoms with Crippen molar-refractivity contribution in [3.63, 3.8) is 0 Å². The van der Waals surface area contributed by atoms with E-state index in [-0.39, 0.29) is 17.4 Å². The Morgan fingerprint density at radius 3 is 2.11 bits per heavy atom. The number of anilines is 2. The molecule has 0 aromatic heterocycles. The van der Waals surface area contributed by atoms with Crippen LogP contribution in [-0.2, 0) is 9.59 Å². The van der Waals surface area contributed by atoms with E-state index in [0.29, 0.717) is 41.7 Å². The van der Waals surface area contributed by atoms with Crippen molar-refractivity contribution in [3.05, 3.63) is 144 Å². The number of nitrogens with one attached hydrogen (secondary N) is 3. The van der Waals surface area contributed by atoms with Crippen molar-refractivity contribution in [2.75, 3.05) is 29.6 Å². The van der Waals surface area contributed by atoms with Gasteiger partial charge in [0.25, 0.3) is 11.8 Å². The molecule has 0 spiro atoms. The largest absolute Gasteiger partial charge is 0.486 e. The van der Waals surface area contributed by atoms with Gasteiger partial charge in [-0.15, -0.1) is 11.8 Å². The molecule has 0 bridgehead atoms. The summed E-state index contributed by atoms with van der Waals surface area (Å²) in [4.78, 5) is 40.1. The van der Waals surface area contributed by atoms with E-state index in [9.17, 15) is 14.4 Å². The maximum Gasteiger partial charge on any atom is 0.272 e. The first kappa shape index (κ1) is 31.2. The van der Waals surface area contributed by atoms with Gasteiger partial charge in [-0.25, -0.2) is 0 Å². The Hall–Kier alpha value is -5.80. The number of rotatable bonds is 10. The van der Waals surface area contributed by atoms with Gasteiger partial charge in [0.2, 0.25) is 5.91 Å². The molecule has 1 aliphatic heterocycles. The van der Waals surface area contributed by atoms with Crippen LogP contribution in [-0.4, -0.2) is 36.7 Å². The molecule has 5 aromatic carbocycles. The third-order valence-corrected chi connectivity index (χ3v) is 8.14. The Kier molecular flexibility index (Phi) is 9.95. The van der Waals surface area contributed by atoms with Gasteiger partial charge in [0.1, 0.15) is 18.9 Å². The Labute approximate surface area is 276 Å². The van der Waals surface area contributed by atoms with E-state index in [1.807, 2.05) is 66.7 Å². The first-order valence-corrected chi connectivity index (χ1v) is 16.0. The van der Waals surface area contributed by atoms with Crippen molar-refractivity contribution >= 4 is 46.9 Å². The summed E-state index contributed by atoms with van der Waals surface area (Å²) >= 11 is 1.33. The average molecular weight is 642 g/mol. The first-order chi connectivity index (χ1) is 23.0. The molecular weight excluding hydrogens is 611 g/mol. The van der Waals surface area contributed by atoms with Crippen molar-refractivity contribution in [2.24, 2.45) is 0 Å². The van der Waals surface area contributed by atoms with Crippen LogP contribution < -0.4 is 25.4 Å².